The van der Waals surface area contributed by atoms with Gasteiger partial charge in [-0.3, -0.25) is 4.79 Å². The lowest BCUT2D eigenvalue weighted by Gasteiger charge is -2.14. The second kappa shape index (κ2) is 6.87. The minimum atomic E-state index is -0.0410. The summed E-state index contributed by atoms with van der Waals surface area (Å²) in [6, 6.07) is 16.1. The zero-order valence-corrected chi connectivity index (χ0v) is 14.4. The average molecular weight is 321 g/mol. The molecule has 0 aliphatic heterocycles. The van der Waals surface area contributed by atoms with Crippen LogP contribution >= 0.6 is 0 Å². The average Bonchev–Trinajstić information content (AvgIpc) is 2.88. The van der Waals surface area contributed by atoms with E-state index in [0.717, 1.165) is 29.7 Å². The number of aromatic nitrogens is 2. The van der Waals surface area contributed by atoms with Crippen molar-refractivity contribution in [2.24, 2.45) is 7.05 Å². The van der Waals surface area contributed by atoms with Gasteiger partial charge in [0.15, 0.2) is 0 Å². The van der Waals surface area contributed by atoms with Gasteiger partial charge in [0, 0.05) is 18.7 Å². The third kappa shape index (κ3) is 3.48. The van der Waals surface area contributed by atoms with Crippen molar-refractivity contribution >= 4 is 16.9 Å². The fraction of sp³-hybridized carbons (Fsp3) is 0.300. The molecule has 4 nitrogen and oxygen atoms in total. The molecular weight excluding hydrogens is 298 g/mol. The topological polar surface area (TPSA) is 46.9 Å². The van der Waals surface area contributed by atoms with E-state index in [1.54, 1.807) is 0 Å². The van der Waals surface area contributed by atoms with Gasteiger partial charge >= 0.3 is 0 Å². The predicted octanol–water partition coefficient (Wildman–Crippen LogP) is 3.63. The molecule has 0 aliphatic rings. The number of amides is 1. The molecule has 1 aromatic heterocycles. The van der Waals surface area contributed by atoms with Gasteiger partial charge in [0.25, 0.3) is 5.91 Å². The Morgan fingerprint density at radius 3 is 2.71 bits per heavy atom. The van der Waals surface area contributed by atoms with E-state index in [-0.39, 0.29) is 11.9 Å². The zero-order chi connectivity index (χ0) is 17.1. The maximum atomic E-state index is 12.5. The lowest BCUT2D eigenvalue weighted by Crippen LogP contribution is -2.32. The maximum Gasteiger partial charge on any atom is 0.251 e. The molecule has 0 aliphatic carbocycles. The molecule has 124 valence electrons. The summed E-state index contributed by atoms with van der Waals surface area (Å²) in [5, 5.41) is 3.08. The van der Waals surface area contributed by atoms with Crippen LogP contribution in [-0.4, -0.2) is 21.5 Å². The molecule has 24 heavy (non-hydrogen) atoms. The highest BCUT2D eigenvalue weighted by Crippen LogP contribution is 2.16. The van der Waals surface area contributed by atoms with Gasteiger partial charge < -0.3 is 9.88 Å². The minimum Gasteiger partial charge on any atom is -0.350 e. The summed E-state index contributed by atoms with van der Waals surface area (Å²) in [5.74, 6) is 0.902. The molecular formula is C20H23N3O. The van der Waals surface area contributed by atoms with Crippen LogP contribution in [0.1, 0.15) is 35.1 Å². The lowest BCUT2D eigenvalue weighted by atomic mass is 10.1. The van der Waals surface area contributed by atoms with Crippen LogP contribution in [0.15, 0.2) is 48.5 Å². The number of carbonyl (C=O) groups is 1. The van der Waals surface area contributed by atoms with Gasteiger partial charge in [0.1, 0.15) is 5.82 Å². The summed E-state index contributed by atoms with van der Waals surface area (Å²) < 4.78 is 2.03. The van der Waals surface area contributed by atoms with Crippen molar-refractivity contribution in [3.63, 3.8) is 0 Å². The molecule has 1 heterocycles. The number of benzene rings is 2. The molecule has 2 aromatic carbocycles. The molecule has 4 heteroatoms. The van der Waals surface area contributed by atoms with E-state index in [2.05, 4.69) is 22.4 Å². The van der Waals surface area contributed by atoms with E-state index in [1.165, 1.54) is 5.56 Å². The van der Waals surface area contributed by atoms with Crippen LogP contribution in [0.25, 0.3) is 11.0 Å². The van der Waals surface area contributed by atoms with E-state index in [9.17, 15) is 4.79 Å². The molecule has 1 atom stereocenters. The number of rotatable bonds is 5. The molecule has 0 radical (unpaired) electrons. The standard InChI is InChI=1S/C20H23N3O/c1-14(9-10-16-7-5-4-6-8-16)21-20(24)17-11-12-19-18(13-17)22-15(2)23(19)3/h4-8,11-14H,9-10H2,1-3H3,(H,21,24)/t14-/m1/s1. The molecule has 1 N–H and O–H groups in total. The largest absolute Gasteiger partial charge is 0.350 e. The van der Waals surface area contributed by atoms with Gasteiger partial charge in [0.2, 0.25) is 0 Å². The SMILES string of the molecule is Cc1nc2cc(C(=O)N[C@H](C)CCc3ccccc3)ccc2n1C. The first-order valence-electron chi connectivity index (χ1n) is 8.32. The van der Waals surface area contributed by atoms with Crippen LogP contribution < -0.4 is 5.32 Å². The maximum absolute atomic E-state index is 12.5. The number of nitrogens with one attached hydrogen (secondary N) is 1. The van der Waals surface area contributed by atoms with Crippen molar-refractivity contribution in [3.8, 4) is 0 Å². The second-order valence-corrected chi connectivity index (χ2v) is 6.32. The van der Waals surface area contributed by atoms with Gasteiger partial charge in [-0.25, -0.2) is 4.98 Å². The quantitative estimate of drug-likeness (QED) is 0.780. The number of carbonyl (C=O) groups excluding carboxylic acids is 1. The third-order valence-electron chi connectivity index (χ3n) is 4.45. The zero-order valence-electron chi connectivity index (χ0n) is 14.4. The minimum absolute atomic E-state index is 0.0410. The van der Waals surface area contributed by atoms with Crippen LogP contribution in [0.2, 0.25) is 0 Å². The van der Waals surface area contributed by atoms with Gasteiger partial charge in [-0.1, -0.05) is 30.3 Å². The Balaban J connectivity index is 1.63. The Labute approximate surface area is 142 Å². The third-order valence-corrected chi connectivity index (χ3v) is 4.45. The number of hydrogen-bond donors (Lipinski definition) is 1. The van der Waals surface area contributed by atoms with Crippen molar-refractivity contribution in [1.82, 2.24) is 14.9 Å². The number of hydrogen-bond acceptors (Lipinski definition) is 2. The van der Waals surface area contributed by atoms with E-state index in [1.807, 2.05) is 61.9 Å². The smallest absolute Gasteiger partial charge is 0.251 e. The highest BCUT2D eigenvalue weighted by atomic mass is 16.1. The van der Waals surface area contributed by atoms with Crippen LogP contribution in [0.3, 0.4) is 0 Å². The summed E-state index contributed by atoms with van der Waals surface area (Å²) in [6.45, 7) is 4.01. The second-order valence-electron chi connectivity index (χ2n) is 6.32. The van der Waals surface area contributed by atoms with Crippen LogP contribution in [-0.2, 0) is 13.5 Å². The van der Waals surface area contributed by atoms with Crippen molar-refractivity contribution in [2.45, 2.75) is 32.7 Å². The Morgan fingerprint density at radius 1 is 1.21 bits per heavy atom. The Morgan fingerprint density at radius 2 is 1.96 bits per heavy atom. The monoisotopic (exact) mass is 321 g/mol. The summed E-state index contributed by atoms with van der Waals surface area (Å²) >= 11 is 0. The lowest BCUT2D eigenvalue weighted by molar-refractivity contribution is 0.0938. The number of fused-ring (bicyclic) bond motifs is 1. The van der Waals surface area contributed by atoms with Gasteiger partial charge in [-0.2, -0.15) is 0 Å². The van der Waals surface area contributed by atoms with E-state index >= 15 is 0 Å². The molecule has 0 bridgehead atoms. The predicted molar refractivity (Wildman–Crippen MR) is 97.1 cm³/mol. The molecule has 1 amide bonds. The fourth-order valence-electron chi connectivity index (χ4n) is 2.87. The summed E-state index contributed by atoms with van der Waals surface area (Å²) in [5.41, 5.74) is 3.86. The Hall–Kier alpha value is -2.62. The first-order valence-corrected chi connectivity index (χ1v) is 8.32. The molecule has 0 saturated heterocycles. The molecule has 0 spiro atoms. The van der Waals surface area contributed by atoms with Crippen LogP contribution in [0.5, 0.6) is 0 Å². The van der Waals surface area contributed by atoms with E-state index < -0.39 is 0 Å². The first kappa shape index (κ1) is 16.2. The highest BCUT2D eigenvalue weighted by Gasteiger charge is 2.12. The molecule has 0 fully saturated rings. The molecule has 3 aromatic rings. The summed E-state index contributed by atoms with van der Waals surface area (Å²) in [6.07, 6.45) is 1.88. The number of imidazole rings is 1. The van der Waals surface area contributed by atoms with Gasteiger partial charge in [0.05, 0.1) is 11.0 Å². The van der Waals surface area contributed by atoms with Crippen molar-refractivity contribution in [2.75, 3.05) is 0 Å². The van der Waals surface area contributed by atoms with E-state index in [0.29, 0.717) is 5.56 Å². The summed E-state index contributed by atoms with van der Waals surface area (Å²) in [7, 11) is 1.98. The van der Waals surface area contributed by atoms with Crippen molar-refractivity contribution in [1.29, 1.82) is 0 Å². The van der Waals surface area contributed by atoms with Gasteiger partial charge in [-0.15, -0.1) is 0 Å². The normalized spacial score (nSPS) is 12.3. The first-order chi connectivity index (χ1) is 11.5. The van der Waals surface area contributed by atoms with Crippen LogP contribution in [0.4, 0.5) is 0 Å². The van der Waals surface area contributed by atoms with Crippen LogP contribution in [0, 0.1) is 6.92 Å². The highest BCUT2D eigenvalue weighted by molar-refractivity contribution is 5.97. The summed E-state index contributed by atoms with van der Waals surface area (Å²) in [4.78, 5) is 17.0. The Kier molecular flexibility index (Phi) is 4.65. The van der Waals surface area contributed by atoms with Crippen molar-refractivity contribution in [3.05, 3.63) is 65.5 Å². The number of aryl methyl sites for hydroxylation is 3. The fourth-order valence-corrected chi connectivity index (χ4v) is 2.87. The van der Waals surface area contributed by atoms with Crippen molar-refractivity contribution < 1.29 is 4.79 Å². The molecule has 0 saturated carbocycles. The Bertz CT molecular complexity index is 852. The number of nitrogens with zero attached hydrogens (tertiary/aromatic N) is 2. The molecule has 0 unspecified atom stereocenters. The molecule has 3 rings (SSSR count). The van der Waals surface area contributed by atoms with E-state index in [4.69, 9.17) is 0 Å². The van der Waals surface area contributed by atoms with Gasteiger partial charge in [-0.05, 0) is 50.5 Å².